The molecule has 1 saturated carbocycles. The summed E-state index contributed by atoms with van der Waals surface area (Å²) >= 11 is 1.64. The summed E-state index contributed by atoms with van der Waals surface area (Å²) in [5.74, 6) is -0.580. The molecular formula is C30H39N5O5S. The predicted octanol–water partition coefficient (Wildman–Crippen LogP) is 2.43. The van der Waals surface area contributed by atoms with Crippen molar-refractivity contribution in [3.05, 3.63) is 35.2 Å². The number of nitrogens with zero attached hydrogens (tertiary/aromatic N) is 4. The van der Waals surface area contributed by atoms with E-state index in [2.05, 4.69) is 27.5 Å². The molecular weight excluding hydrogens is 542 g/mol. The van der Waals surface area contributed by atoms with Gasteiger partial charge in [-0.1, -0.05) is 31.4 Å². The van der Waals surface area contributed by atoms with E-state index in [4.69, 9.17) is 14.5 Å². The lowest BCUT2D eigenvalue weighted by molar-refractivity contribution is -0.139. The molecule has 220 valence electrons. The first-order valence-corrected chi connectivity index (χ1v) is 15.6. The maximum absolute atomic E-state index is 14.0. The Balaban J connectivity index is 1.16. The number of benzene rings is 1. The first kappa shape index (κ1) is 28.3. The molecule has 3 aliphatic heterocycles. The fraction of sp³-hybridized carbons (Fsp3) is 0.600. The molecule has 4 atom stereocenters. The molecule has 6 rings (SSSR count). The maximum atomic E-state index is 14.0. The molecule has 2 aromatic rings. The smallest absolute Gasteiger partial charge is 0.251 e. The third-order valence-corrected chi connectivity index (χ3v) is 10.0. The molecule has 0 spiro atoms. The van der Waals surface area contributed by atoms with Crippen molar-refractivity contribution in [3.8, 4) is 11.3 Å². The Morgan fingerprint density at radius 1 is 1.10 bits per heavy atom. The Morgan fingerprint density at radius 2 is 1.83 bits per heavy atom. The highest BCUT2D eigenvalue weighted by Gasteiger charge is 2.54. The molecule has 2 amide bonds. The molecule has 4 fully saturated rings. The highest BCUT2D eigenvalue weighted by Crippen LogP contribution is 2.33. The molecule has 0 bridgehead atoms. The SMILES string of the molecule is CO[C@H]1CN(C(=O)[C@@H](NC(=O)c2ccc(-c3csc(N4CCN(C)CC4)n3)cc2)C2CCCCC2)[C@@H]2C(=O)CO[C@@H]12. The monoisotopic (exact) mass is 581 g/mol. The number of ether oxygens (including phenoxy) is 2. The number of likely N-dealkylation sites (N-methyl/N-ethyl adjacent to an activating group) is 1. The fourth-order valence-electron chi connectivity index (χ4n) is 6.63. The molecule has 1 aromatic carbocycles. The van der Waals surface area contributed by atoms with Crippen molar-refractivity contribution < 1.29 is 23.9 Å². The number of Topliss-reactive ketones (excluding diaryl/α,β-unsaturated/α-hetero) is 1. The summed E-state index contributed by atoms with van der Waals surface area (Å²) in [5.41, 5.74) is 2.34. The third-order valence-electron chi connectivity index (χ3n) is 9.11. The van der Waals surface area contributed by atoms with Crippen LogP contribution in [-0.4, -0.2) is 110 Å². The van der Waals surface area contributed by atoms with Gasteiger partial charge in [-0.2, -0.15) is 0 Å². The van der Waals surface area contributed by atoms with Crippen molar-refractivity contribution in [2.45, 2.75) is 56.4 Å². The lowest BCUT2D eigenvalue weighted by Gasteiger charge is -2.34. The maximum Gasteiger partial charge on any atom is 0.251 e. The number of aromatic nitrogens is 1. The van der Waals surface area contributed by atoms with Crippen molar-refractivity contribution in [2.24, 2.45) is 5.92 Å². The van der Waals surface area contributed by atoms with Crippen LogP contribution in [0.5, 0.6) is 0 Å². The van der Waals surface area contributed by atoms with Gasteiger partial charge in [-0.25, -0.2) is 4.98 Å². The van der Waals surface area contributed by atoms with Crippen LogP contribution >= 0.6 is 11.3 Å². The van der Waals surface area contributed by atoms with Crippen molar-refractivity contribution in [1.82, 2.24) is 20.1 Å². The Bertz CT molecular complexity index is 1250. The van der Waals surface area contributed by atoms with Gasteiger partial charge in [-0.3, -0.25) is 14.4 Å². The number of ketones is 1. The van der Waals surface area contributed by atoms with Crippen LogP contribution in [-0.2, 0) is 19.1 Å². The predicted molar refractivity (Wildman–Crippen MR) is 156 cm³/mol. The number of nitrogens with one attached hydrogen (secondary N) is 1. The van der Waals surface area contributed by atoms with Gasteiger partial charge in [0.25, 0.3) is 5.91 Å². The van der Waals surface area contributed by atoms with E-state index in [1.165, 1.54) is 0 Å². The van der Waals surface area contributed by atoms with E-state index < -0.39 is 18.2 Å². The summed E-state index contributed by atoms with van der Waals surface area (Å²) in [7, 11) is 3.71. The van der Waals surface area contributed by atoms with Crippen molar-refractivity contribution >= 4 is 34.1 Å². The zero-order valence-corrected chi connectivity index (χ0v) is 24.6. The van der Waals surface area contributed by atoms with E-state index in [0.29, 0.717) is 5.56 Å². The lowest BCUT2D eigenvalue weighted by atomic mass is 9.83. The second-order valence-electron chi connectivity index (χ2n) is 11.7. The van der Waals surface area contributed by atoms with Crippen LogP contribution in [0.4, 0.5) is 5.13 Å². The number of amides is 2. The highest BCUT2D eigenvalue weighted by molar-refractivity contribution is 7.14. The molecule has 11 heteroatoms. The second kappa shape index (κ2) is 12.2. The van der Waals surface area contributed by atoms with E-state index in [0.717, 1.165) is 74.7 Å². The molecule has 0 unspecified atom stereocenters. The van der Waals surface area contributed by atoms with Crippen molar-refractivity contribution in [1.29, 1.82) is 0 Å². The highest BCUT2D eigenvalue weighted by atomic mass is 32.1. The summed E-state index contributed by atoms with van der Waals surface area (Å²) in [6.07, 6.45) is 4.12. The second-order valence-corrected chi connectivity index (χ2v) is 12.5. The number of thiazole rings is 1. The number of carbonyl (C=O) groups is 3. The van der Waals surface area contributed by atoms with E-state index >= 15 is 0 Å². The molecule has 0 radical (unpaired) electrons. The summed E-state index contributed by atoms with van der Waals surface area (Å²) in [4.78, 5) is 51.2. The normalized spacial score (nSPS) is 26.3. The minimum Gasteiger partial charge on any atom is -0.377 e. The number of anilines is 1. The van der Waals surface area contributed by atoms with Gasteiger partial charge in [0.1, 0.15) is 30.9 Å². The van der Waals surface area contributed by atoms with Gasteiger partial charge in [0.15, 0.2) is 10.9 Å². The Kier molecular flexibility index (Phi) is 8.39. The molecule has 3 saturated heterocycles. The molecule has 4 aliphatic rings. The van der Waals surface area contributed by atoms with Crippen molar-refractivity contribution in [2.75, 3.05) is 58.4 Å². The minimum absolute atomic E-state index is 0.0123. The van der Waals surface area contributed by atoms with Crippen LogP contribution < -0.4 is 10.2 Å². The number of carbonyl (C=O) groups excluding carboxylic acids is 3. The van der Waals surface area contributed by atoms with E-state index in [-0.39, 0.29) is 42.8 Å². The first-order chi connectivity index (χ1) is 19.9. The van der Waals surface area contributed by atoms with E-state index in [1.54, 1.807) is 35.5 Å². The minimum atomic E-state index is -0.697. The quantitative estimate of drug-likeness (QED) is 0.532. The van der Waals surface area contributed by atoms with Crippen molar-refractivity contribution in [3.63, 3.8) is 0 Å². The Morgan fingerprint density at radius 3 is 2.54 bits per heavy atom. The largest absolute Gasteiger partial charge is 0.377 e. The molecule has 10 nitrogen and oxygen atoms in total. The van der Waals surface area contributed by atoms with Gasteiger partial charge in [-0.15, -0.1) is 11.3 Å². The van der Waals surface area contributed by atoms with Gasteiger partial charge in [-0.05, 0) is 37.9 Å². The van der Waals surface area contributed by atoms with Gasteiger partial charge < -0.3 is 29.5 Å². The number of methoxy groups -OCH3 is 1. The van der Waals surface area contributed by atoms with Crippen LogP contribution in [0.25, 0.3) is 11.3 Å². The standard InChI is InChI=1S/C30H39N5O5S/c1-33-12-14-34(15-13-33)30-31-22(18-41-30)19-8-10-21(11-9-19)28(37)32-25(20-6-4-3-5-7-20)29(38)35-16-24(39-2)27-26(35)23(36)17-40-27/h8-11,18,20,24-27H,3-7,12-17H2,1-2H3,(H,32,37)/t24-,25-,26+,27-/m0/s1. The van der Waals surface area contributed by atoms with Gasteiger partial charge in [0, 0.05) is 49.8 Å². The molecule has 1 N–H and O–H groups in total. The number of hydrogen-bond donors (Lipinski definition) is 1. The average Bonchev–Trinajstić information content (AvgIpc) is 3.74. The topological polar surface area (TPSA) is 104 Å². The van der Waals surface area contributed by atoms with Crippen LogP contribution in [0.1, 0.15) is 42.5 Å². The average molecular weight is 582 g/mol. The van der Waals surface area contributed by atoms with Crippen LogP contribution in [0.2, 0.25) is 0 Å². The number of fused-ring (bicyclic) bond motifs is 1. The van der Waals surface area contributed by atoms with E-state index in [9.17, 15) is 14.4 Å². The lowest BCUT2D eigenvalue weighted by Crippen LogP contribution is -2.55. The van der Waals surface area contributed by atoms with Gasteiger partial charge >= 0.3 is 0 Å². The molecule has 1 aliphatic carbocycles. The number of rotatable bonds is 7. The summed E-state index contributed by atoms with van der Waals surface area (Å²) in [6, 6.07) is 6.07. The molecule has 1 aromatic heterocycles. The fourth-order valence-corrected chi connectivity index (χ4v) is 7.52. The molecule has 41 heavy (non-hydrogen) atoms. The molecule has 4 heterocycles. The third kappa shape index (κ3) is 5.77. The van der Waals surface area contributed by atoms with E-state index in [1.807, 2.05) is 12.1 Å². The number of likely N-dealkylation sites (tertiary alicyclic amines) is 1. The number of piperazine rings is 1. The first-order valence-electron chi connectivity index (χ1n) is 14.7. The summed E-state index contributed by atoms with van der Waals surface area (Å²) < 4.78 is 11.2. The zero-order valence-electron chi connectivity index (χ0n) is 23.8. The summed E-state index contributed by atoms with van der Waals surface area (Å²) in [5, 5.41) is 6.15. The van der Waals surface area contributed by atoms with Crippen LogP contribution in [0.3, 0.4) is 0 Å². The van der Waals surface area contributed by atoms with Gasteiger partial charge in [0.2, 0.25) is 5.91 Å². The number of hydrogen-bond acceptors (Lipinski definition) is 9. The Hall–Kier alpha value is -2.86. The summed E-state index contributed by atoms with van der Waals surface area (Å²) in [6.45, 7) is 4.26. The van der Waals surface area contributed by atoms with Crippen LogP contribution in [0.15, 0.2) is 29.6 Å². The Labute approximate surface area is 245 Å². The van der Waals surface area contributed by atoms with Crippen LogP contribution in [0, 0.1) is 5.92 Å². The van der Waals surface area contributed by atoms with Gasteiger partial charge in [0.05, 0.1) is 12.2 Å². The zero-order chi connectivity index (χ0) is 28.5.